The van der Waals surface area contributed by atoms with Crippen LogP contribution in [0.5, 0.6) is 0 Å². The third kappa shape index (κ3) is 8.66. The molecule has 0 aromatic rings. The van der Waals surface area contributed by atoms with Crippen molar-refractivity contribution >= 4 is 5.97 Å². The molecule has 25 heavy (non-hydrogen) atoms. The van der Waals surface area contributed by atoms with E-state index >= 15 is 0 Å². The largest absolute Gasteiger partial charge is 0.481 e. The summed E-state index contributed by atoms with van der Waals surface area (Å²) >= 11 is 0. The fraction of sp³-hybridized carbons (Fsp3) is 0.750. The van der Waals surface area contributed by atoms with E-state index in [1.165, 1.54) is 0 Å². The lowest BCUT2D eigenvalue weighted by molar-refractivity contribution is -0.137. The Morgan fingerprint density at radius 3 is 2.60 bits per heavy atom. The van der Waals surface area contributed by atoms with Crippen LogP contribution in [0.1, 0.15) is 64.7 Å². The SMILES string of the molecule is CCCCC[C@@H](O)/C=C/[C@@H]1[C@@H](C/C=C\CCCC(=O)O)[C@H](O)C[C@H]1O. The van der Waals surface area contributed by atoms with Crippen LogP contribution in [0, 0.1) is 11.8 Å². The number of unbranched alkanes of at least 4 members (excludes halogenated alkanes) is 3. The lowest BCUT2D eigenvalue weighted by Gasteiger charge is -2.19. The Bertz CT molecular complexity index is 432. The van der Waals surface area contributed by atoms with E-state index in [9.17, 15) is 20.1 Å². The second-order valence-corrected chi connectivity index (χ2v) is 7.05. The number of allylic oxidation sites excluding steroid dienone is 2. The van der Waals surface area contributed by atoms with E-state index in [-0.39, 0.29) is 18.3 Å². The molecule has 0 spiro atoms. The number of aliphatic hydroxyl groups is 3. The van der Waals surface area contributed by atoms with E-state index in [1.807, 2.05) is 18.2 Å². The van der Waals surface area contributed by atoms with Gasteiger partial charge in [-0.3, -0.25) is 4.79 Å². The highest BCUT2D eigenvalue weighted by Crippen LogP contribution is 2.36. The molecule has 0 aromatic heterocycles. The molecular weight excluding hydrogens is 320 g/mol. The number of carboxylic acid groups (broad SMARTS) is 1. The molecule has 5 nitrogen and oxygen atoms in total. The molecule has 1 fully saturated rings. The number of hydrogen-bond acceptors (Lipinski definition) is 4. The lowest BCUT2D eigenvalue weighted by atomic mass is 9.89. The third-order valence-corrected chi connectivity index (χ3v) is 4.91. The molecule has 5 heteroatoms. The number of aliphatic carboxylic acids is 1. The molecule has 0 aliphatic heterocycles. The highest BCUT2D eigenvalue weighted by Gasteiger charge is 2.39. The van der Waals surface area contributed by atoms with Gasteiger partial charge in [-0.25, -0.2) is 0 Å². The maximum absolute atomic E-state index is 10.5. The summed E-state index contributed by atoms with van der Waals surface area (Å²) in [5.74, 6) is -1.00. The first-order valence-electron chi connectivity index (χ1n) is 9.55. The summed E-state index contributed by atoms with van der Waals surface area (Å²) in [6, 6.07) is 0. The van der Waals surface area contributed by atoms with Crippen LogP contribution < -0.4 is 0 Å². The molecule has 5 atom stereocenters. The number of carboxylic acids is 1. The van der Waals surface area contributed by atoms with Gasteiger partial charge in [-0.2, -0.15) is 0 Å². The molecule has 0 radical (unpaired) electrons. The molecule has 1 aliphatic carbocycles. The van der Waals surface area contributed by atoms with Gasteiger partial charge in [0.15, 0.2) is 0 Å². The van der Waals surface area contributed by atoms with Crippen molar-refractivity contribution in [3.63, 3.8) is 0 Å². The number of aliphatic hydroxyl groups excluding tert-OH is 3. The van der Waals surface area contributed by atoms with Crippen molar-refractivity contribution in [1.29, 1.82) is 0 Å². The summed E-state index contributed by atoms with van der Waals surface area (Å²) in [6.07, 6.45) is 12.3. The van der Waals surface area contributed by atoms with Crippen LogP contribution in [0.4, 0.5) is 0 Å². The quantitative estimate of drug-likeness (QED) is 0.319. The fourth-order valence-corrected chi connectivity index (χ4v) is 3.41. The van der Waals surface area contributed by atoms with Gasteiger partial charge in [0, 0.05) is 18.8 Å². The van der Waals surface area contributed by atoms with Crippen LogP contribution in [-0.2, 0) is 4.79 Å². The van der Waals surface area contributed by atoms with Gasteiger partial charge in [-0.15, -0.1) is 0 Å². The van der Waals surface area contributed by atoms with Gasteiger partial charge in [0.1, 0.15) is 0 Å². The summed E-state index contributed by atoms with van der Waals surface area (Å²) in [5, 5.41) is 39.0. The third-order valence-electron chi connectivity index (χ3n) is 4.91. The Labute approximate surface area is 151 Å². The van der Waals surface area contributed by atoms with Gasteiger partial charge in [0.2, 0.25) is 0 Å². The van der Waals surface area contributed by atoms with Gasteiger partial charge >= 0.3 is 5.97 Å². The number of rotatable bonds is 12. The van der Waals surface area contributed by atoms with E-state index < -0.39 is 24.3 Å². The predicted molar refractivity (Wildman–Crippen MR) is 98.1 cm³/mol. The molecule has 1 aliphatic rings. The first-order valence-corrected chi connectivity index (χ1v) is 9.55. The summed E-state index contributed by atoms with van der Waals surface area (Å²) in [7, 11) is 0. The number of hydrogen-bond donors (Lipinski definition) is 4. The lowest BCUT2D eigenvalue weighted by Crippen LogP contribution is -2.20. The molecule has 0 amide bonds. The first kappa shape index (κ1) is 21.9. The van der Waals surface area contributed by atoms with Crippen LogP contribution in [0.3, 0.4) is 0 Å². The molecule has 0 saturated heterocycles. The molecule has 0 bridgehead atoms. The highest BCUT2D eigenvalue weighted by atomic mass is 16.4. The monoisotopic (exact) mass is 354 g/mol. The average molecular weight is 354 g/mol. The minimum absolute atomic E-state index is 0.0650. The van der Waals surface area contributed by atoms with E-state index in [2.05, 4.69) is 6.92 Å². The Morgan fingerprint density at radius 2 is 1.92 bits per heavy atom. The van der Waals surface area contributed by atoms with Crippen LogP contribution in [-0.4, -0.2) is 44.7 Å². The van der Waals surface area contributed by atoms with Crippen molar-refractivity contribution in [3.8, 4) is 0 Å². The maximum Gasteiger partial charge on any atom is 0.303 e. The van der Waals surface area contributed by atoms with Crippen LogP contribution >= 0.6 is 0 Å². The number of carbonyl (C=O) groups is 1. The Hall–Kier alpha value is -1.17. The van der Waals surface area contributed by atoms with Gasteiger partial charge in [0.25, 0.3) is 0 Å². The summed E-state index contributed by atoms with van der Waals surface area (Å²) in [4.78, 5) is 10.5. The Balaban J connectivity index is 2.46. The minimum Gasteiger partial charge on any atom is -0.481 e. The van der Waals surface area contributed by atoms with Crippen molar-refractivity contribution in [3.05, 3.63) is 24.3 Å². The van der Waals surface area contributed by atoms with Crippen molar-refractivity contribution in [1.82, 2.24) is 0 Å². The van der Waals surface area contributed by atoms with Crippen LogP contribution in [0.2, 0.25) is 0 Å². The second-order valence-electron chi connectivity index (χ2n) is 7.05. The molecular formula is C20H34O5. The van der Waals surface area contributed by atoms with E-state index in [0.29, 0.717) is 25.7 Å². The first-order chi connectivity index (χ1) is 12.0. The Morgan fingerprint density at radius 1 is 1.16 bits per heavy atom. The van der Waals surface area contributed by atoms with Gasteiger partial charge in [-0.1, -0.05) is 50.5 Å². The topological polar surface area (TPSA) is 98.0 Å². The van der Waals surface area contributed by atoms with Gasteiger partial charge < -0.3 is 20.4 Å². The van der Waals surface area contributed by atoms with E-state index in [0.717, 1.165) is 25.7 Å². The van der Waals surface area contributed by atoms with Crippen molar-refractivity contribution in [2.24, 2.45) is 11.8 Å². The highest BCUT2D eigenvalue weighted by molar-refractivity contribution is 5.66. The molecule has 0 unspecified atom stereocenters. The van der Waals surface area contributed by atoms with Crippen molar-refractivity contribution < 1.29 is 25.2 Å². The zero-order valence-corrected chi connectivity index (χ0v) is 15.3. The normalized spacial score (nSPS) is 28.2. The van der Waals surface area contributed by atoms with E-state index in [1.54, 1.807) is 6.08 Å². The van der Waals surface area contributed by atoms with Crippen LogP contribution in [0.15, 0.2) is 24.3 Å². The predicted octanol–water partition coefficient (Wildman–Crippen LogP) is 3.04. The molecule has 1 rings (SSSR count). The fourth-order valence-electron chi connectivity index (χ4n) is 3.41. The zero-order valence-electron chi connectivity index (χ0n) is 15.3. The van der Waals surface area contributed by atoms with Crippen molar-refractivity contribution in [2.75, 3.05) is 0 Å². The van der Waals surface area contributed by atoms with Crippen molar-refractivity contribution in [2.45, 2.75) is 83.0 Å². The summed E-state index contributed by atoms with van der Waals surface area (Å²) in [6.45, 7) is 2.12. The van der Waals surface area contributed by atoms with Gasteiger partial charge in [0.05, 0.1) is 18.3 Å². The zero-order chi connectivity index (χ0) is 18.7. The summed E-state index contributed by atoms with van der Waals surface area (Å²) in [5.41, 5.74) is 0. The molecule has 1 saturated carbocycles. The second kappa shape index (κ2) is 12.2. The maximum atomic E-state index is 10.5. The smallest absolute Gasteiger partial charge is 0.303 e. The summed E-state index contributed by atoms with van der Waals surface area (Å²) < 4.78 is 0. The molecule has 0 heterocycles. The van der Waals surface area contributed by atoms with E-state index in [4.69, 9.17) is 5.11 Å². The molecule has 144 valence electrons. The van der Waals surface area contributed by atoms with Gasteiger partial charge in [-0.05, 0) is 31.6 Å². The standard InChI is InChI=1S/C20H34O5/c1-2-3-6-9-15(21)12-13-17-16(18(22)14-19(17)23)10-7-4-5-8-11-20(24)25/h4,7,12-13,15-19,21-23H,2-3,5-6,8-11,14H2,1H3,(H,24,25)/b7-4-,13-12+/t15-,16-,17-,18-,19-/m1/s1. The molecule has 4 N–H and O–H groups in total. The van der Waals surface area contributed by atoms with Crippen LogP contribution in [0.25, 0.3) is 0 Å². The average Bonchev–Trinajstić information content (AvgIpc) is 2.82. The Kier molecular flexibility index (Phi) is 10.7. The molecule has 0 aromatic carbocycles. The minimum atomic E-state index is -0.787.